The molecular formula is C7H9N3S2. The van der Waals surface area contributed by atoms with Gasteiger partial charge in [0.05, 0.1) is 12.0 Å². The standard InChI is InChI=1S/C7H9N3S2/c1-5(3-8)4-11-7-10-9-6(2)12-7/h5H,4H2,1-2H3. The Hall–Kier alpha value is -0.600. The second-order valence-corrected chi connectivity index (χ2v) is 4.88. The number of hydrogen-bond acceptors (Lipinski definition) is 5. The average molecular weight is 199 g/mol. The van der Waals surface area contributed by atoms with Crippen LogP contribution in [-0.4, -0.2) is 16.0 Å². The zero-order valence-corrected chi connectivity index (χ0v) is 8.58. The maximum absolute atomic E-state index is 8.52. The Morgan fingerprint density at radius 1 is 1.67 bits per heavy atom. The molecule has 3 nitrogen and oxygen atoms in total. The highest BCUT2D eigenvalue weighted by atomic mass is 32.2. The van der Waals surface area contributed by atoms with Gasteiger partial charge in [-0.3, -0.25) is 0 Å². The van der Waals surface area contributed by atoms with Crippen molar-refractivity contribution in [3.8, 4) is 6.07 Å². The topological polar surface area (TPSA) is 49.6 Å². The zero-order valence-electron chi connectivity index (χ0n) is 6.94. The summed E-state index contributed by atoms with van der Waals surface area (Å²) in [6.45, 7) is 3.83. The van der Waals surface area contributed by atoms with E-state index in [0.29, 0.717) is 0 Å². The fourth-order valence-electron chi connectivity index (χ4n) is 0.570. The molecule has 0 aliphatic carbocycles. The molecule has 1 atom stereocenters. The van der Waals surface area contributed by atoms with Crippen LogP contribution in [0.25, 0.3) is 0 Å². The summed E-state index contributed by atoms with van der Waals surface area (Å²) in [6, 6.07) is 2.18. The van der Waals surface area contributed by atoms with Crippen molar-refractivity contribution < 1.29 is 0 Å². The monoisotopic (exact) mass is 199 g/mol. The molecule has 1 heterocycles. The van der Waals surface area contributed by atoms with Crippen molar-refractivity contribution in [3.63, 3.8) is 0 Å². The minimum atomic E-state index is 0.0826. The number of rotatable bonds is 3. The fourth-order valence-corrected chi connectivity index (χ4v) is 2.35. The number of nitrogens with zero attached hydrogens (tertiary/aromatic N) is 3. The Balaban J connectivity index is 2.39. The molecule has 0 radical (unpaired) electrons. The predicted octanol–water partition coefficient (Wildman–Crippen LogP) is 2.10. The number of aromatic nitrogens is 2. The Morgan fingerprint density at radius 3 is 2.92 bits per heavy atom. The minimum Gasteiger partial charge on any atom is -0.198 e. The van der Waals surface area contributed by atoms with Gasteiger partial charge in [0.2, 0.25) is 0 Å². The molecule has 0 amide bonds. The molecule has 0 aromatic carbocycles. The molecule has 64 valence electrons. The molecule has 0 N–H and O–H groups in total. The van der Waals surface area contributed by atoms with Crippen LogP contribution in [0.1, 0.15) is 11.9 Å². The van der Waals surface area contributed by atoms with E-state index in [-0.39, 0.29) is 5.92 Å². The molecule has 0 spiro atoms. The first-order valence-corrected chi connectivity index (χ1v) is 5.35. The summed E-state index contributed by atoms with van der Waals surface area (Å²) in [4.78, 5) is 0. The van der Waals surface area contributed by atoms with Gasteiger partial charge >= 0.3 is 0 Å². The molecule has 0 saturated carbocycles. The smallest absolute Gasteiger partial charge is 0.174 e. The van der Waals surface area contributed by atoms with Crippen LogP contribution in [0.5, 0.6) is 0 Å². The lowest BCUT2D eigenvalue weighted by molar-refractivity contribution is 0.861. The average Bonchev–Trinajstić information content (AvgIpc) is 2.47. The van der Waals surface area contributed by atoms with Gasteiger partial charge in [-0.05, 0) is 13.8 Å². The van der Waals surface area contributed by atoms with Gasteiger partial charge in [0.1, 0.15) is 5.01 Å². The van der Waals surface area contributed by atoms with Crippen molar-refractivity contribution in [3.05, 3.63) is 5.01 Å². The van der Waals surface area contributed by atoms with Gasteiger partial charge in [-0.1, -0.05) is 23.1 Å². The van der Waals surface area contributed by atoms with E-state index in [1.165, 1.54) is 0 Å². The molecule has 5 heteroatoms. The number of thioether (sulfide) groups is 1. The minimum absolute atomic E-state index is 0.0826. The van der Waals surface area contributed by atoms with Crippen LogP contribution in [0.2, 0.25) is 0 Å². The van der Waals surface area contributed by atoms with E-state index in [2.05, 4.69) is 16.3 Å². The third-order valence-electron chi connectivity index (χ3n) is 1.18. The van der Waals surface area contributed by atoms with E-state index in [1.807, 2.05) is 13.8 Å². The SMILES string of the molecule is Cc1nnc(SCC(C)C#N)s1. The molecule has 12 heavy (non-hydrogen) atoms. The van der Waals surface area contributed by atoms with Gasteiger partial charge in [0, 0.05) is 5.75 Å². The largest absolute Gasteiger partial charge is 0.198 e. The molecule has 1 aromatic heterocycles. The van der Waals surface area contributed by atoms with E-state index in [9.17, 15) is 0 Å². The molecular weight excluding hydrogens is 190 g/mol. The summed E-state index contributed by atoms with van der Waals surface area (Å²) in [7, 11) is 0. The molecule has 1 rings (SSSR count). The quantitative estimate of drug-likeness (QED) is 0.699. The van der Waals surface area contributed by atoms with E-state index in [0.717, 1.165) is 15.1 Å². The van der Waals surface area contributed by atoms with Gasteiger partial charge in [-0.25, -0.2) is 0 Å². The van der Waals surface area contributed by atoms with Crippen molar-refractivity contribution >= 4 is 23.1 Å². The Morgan fingerprint density at radius 2 is 2.42 bits per heavy atom. The van der Waals surface area contributed by atoms with Gasteiger partial charge < -0.3 is 0 Å². The Kier molecular flexibility index (Phi) is 3.50. The summed E-state index contributed by atoms with van der Waals surface area (Å²) < 4.78 is 0.953. The number of aryl methyl sites for hydroxylation is 1. The summed E-state index contributed by atoms with van der Waals surface area (Å²) in [5.74, 6) is 0.879. The van der Waals surface area contributed by atoms with E-state index in [4.69, 9.17) is 5.26 Å². The van der Waals surface area contributed by atoms with Crippen LogP contribution in [0.3, 0.4) is 0 Å². The lowest BCUT2D eigenvalue weighted by Gasteiger charge is -1.96. The van der Waals surface area contributed by atoms with Crippen molar-refractivity contribution in [1.82, 2.24) is 10.2 Å². The molecule has 0 aliphatic rings. The first kappa shape index (κ1) is 9.49. The van der Waals surface area contributed by atoms with E-state index < -0.39 is 0 Å². The first-order chi connectivity index (χ1) is 5.72. The Bertz CT molecular complexity index is 289. The van der Waals surface area contributed by atoms with Gasteiger partial charge in [-0.2, -0.15) is 5.26 Å². The second-order valence-electron chi connectivity index (χ2n) is 2.43. The highest BCUT2D eigenvalue weighted by Gasteiger charge is 2.04. The first-order valence-electron chi connectivity index (χ1n) is 3.55. The highest BCUT2D eigenvalue weighted by molar-refractivity contribution is 8.01. The zero-order chi connectivity index (χ0) is 8.97. The van der Waals surface area contributed by atoms with Crippen molar-refractivity contribution in [2.75, 3.05) is 5.75 Å². The number of hydrogen-bond donors (Lipinski definition) is 0. The van der Waals surface area contributed by atoms with Gasteiger partial charge in [0.25, 0.3) is 0 Å². The fraction of sp³-hybridized carbons (Fsp3) is 0.571. The van der Waals surface area contributed by atoms with Crippen LogP contribution < -0.4 is 0 Å². The molecule has 1 aromatic rings. The predicted molar refractivity (Wildman–Crippen MR) is 50.1 cm³/mol. The van der Waals surface area contributed by atoms with E-state index in [1.54, 1.807) is 23.1 Å². The third kappa shape index (κ3) is 2.80. The van der Waals surface area contributed by atoms with Crippen LogP contribution in [-0.2, 0) is 0 Å². The van der Waals surface area contributed by atoms with E-state index >= 15 is 0 Å². The summed E-state index contributed by atoms with van der Waals surface area (Å²) in [6.07, 6.45) is 0. The number of nitriles is 1. The maximum atomic E-state index is 8.52. The van der Waals surface area contributed by atoms with Crippen LogP contribution >= 0.6 is 23.1 Å². The van der Waals surface area contributed by atoms with Crippen LogP contribution in [0, 0.1) is 24.2 Å². The third-order valence-corrected chi connectivity index (χ3v) is 3.42. The van der Waals surface area contributed by atoms with Crippen LogP contribution in [0.4, 0.5) is 0 Å². The summed E-state index contributed by atoms with van der Waals surface area (Å²) in [5, 5.41) is 17.3. The van der Waals surface area contributed by atoms with Crippen molar-refractivity contribution in [1.29, 1.82) is 5.26 Å². The van der Waals surface area contributed by atoms with Gasteiger partial charge in [0.15, 0.2) is 4.34 Å². The Labute approximate surface area is 79.8 Å². The van der Waals surface area contributed by atoms with Crippen molar-refractivity contribution in [2.24, 2.45) is 5.92 Å². The summed E-state index contributed by atoms with van der Waals surface area (Å²) >= 11 is 3.17. The molecule has 0 bridgehead atoms. The van der Waals surface area contributed by atoms with Gasteiger partial charge in [-0.15, -0.1) is 10.2 Å². The summed E-state index contributed by atoms with van der Waals surface area (Å²) in [5.41, 5.74) is 0. The molecule has 0 saturated heterocycles. The highest BCUT2D eigenvalue weighted by Crippen LogP contribution is 2.23. The van der Waals surface area contributed by atoms with Crippen LogP contribution in [0.15, 0.2) is 4.34 Å². The molecule has 0 aliphatic heterocycles. The lowest BCUT2D eigenvalue weighted by atomic mass is 10.3. The second kappa shape index (κ2) is 4.43. The maximum Gasteiger partial charge on any atom is 0.174 e. The normalized spacial score (nSPS) is 12.4. The van der Waals surface area contributed by atoms with Crippen molar-refractivity contribution in [2.45, 2.75) is 18.2 Å². The lowest BCUT2D eigenvalue weighted by Crippen LogP contribution is -1.92. The molecule has 0 fully saturated rings. The molecule has 1 unspecified atom stereocenters.